The summed E-state index contributed by atoms with van der Waals surface area (Å²) in [6, 6.07) is 23.2. The smallest absolute Gasteiger partial charge is 0.262 e. The van der Waals surface area contributed by atoms with Crippen LogP contribution in [0.1, 0.15) is 11.1 Å². The molecule has 10 nitrogen and oxygen atoms in total. The fourth-order valence-corrected chi connectivity index (χ4v) is 7.07. The van der Waals surface area contributed by atoms with E-state index in [2.05, 4.69) is 30.1 Å². The van der Waals surface area contributed by atoms with Crippen LogP contribution in [0.2, 0.25) is 0 Å². The zero-order valence-corrected chi connectivity index (χ0v) is 25.3. The van der Waals surface area contributed by atoms with E-state index in [9.17, 15) is 16.8 Å². The predicted molar refractivity (Wildman–Crippen MR) is 172 cm³/mol. The Balaban J connectivity index is 0.00000202. The molecule has 0 saturated carbocycles. The van der Waals surface area contributed by atoms with E-state index in [0.717, 1.165) is 35.9 Å². The van der Waals surface area contributed by atoms with E-state index in [1.165, 1.54) is 24.3 Å². The Bertz CT molecular complexity index is 1910. The summed E-state index contributed by atoms with van der Waals surface area (Å²) in [5, 5.41) is 7.23. The number of sulfonamides is 2. The molecule has 2 aliphatic rings. The highest BCUT2D eigenvalue weighted by molar-refractivity contribution is 7.93. The standard InChI is InChI=1S/C28H26N6O4S2.2ClH/c35-39(36,33-22-7-1-5-20(16-22)27-29-12-13-30-27)24-10-11-25-19(18-24)4-3-9-26(25)40(37,38)34-23-8-2-6-21(17-23)28-31-14-15-32-28;;/h1-11,16-18,33-34H,12-15H2,(H,29,30)(H,31,32);2*1H. The van der Waals surface area contributed by atoms with Gasteiger partial charge in [-0.15, -0.1) is 24.8 Å². The molecule has 6 rings (SSSR count). The molecule has 0 saturated heterocycles. The van der Waals surface area contributed by atoms with Gasteiger partial charge in [0.05, 0.1) is 22.9 Å². The van der Waals surface area contributed by atoms with Crippen LogP contribution in [0.25, 0.3) is 10.8 Å². The van der Waals surface area contributed by atoms with Crippen LogP contribution < -0.4 is 20.1 Å². The fourth-order valence-electron chi connectivity index (χ4n) is 4.70. The van der Waals surface area contributed by atoms with Crippen molar-refractivity contribution in [1.82, 2.24) is 10.6 Å². The quantitative estimate of drug-likeness (QED) is 0.228. The highest BCUT2D eigenvalue weighted by atomic mass is 35.5. The molecule has 0 fully saturated rings. The van der Waals surface area contributed by atoms with Crippen molar-refractivity contribution < 1.29 is 16.8 Å². The van der Waals surface area contributed by atoms with Gasteiger partial charge in [0, 0.05) is 41.0 Å². The van der Waals surface area contributed by atoms with Gasteiger partial charge in [0.15, 0.2) is 0 Å². The van der Waals surface area contributed by atoms with Crippen LogP contribution in [-0.4, -0.2) is 54.7 Å². The Hall–Kier alpha value is -3.84. The van der Waals surface area contributed by atoms with Crippen LogP contribution in [0.5, 0.6) is 0 Å². The molecule has 2 aliphatic heterocycles. The van der Waals surface area contributed by atoms with E-state index < -0.39 is 20.0 Å². The number of benzene rings is 4. The average molecular weight is 648 g/mol. The van der Waals surface area contributed by atoms with E-state index >= 15 is 0 Å². The van der Waals surface area contributed by atoms with Gasteiger partial charge in [0.1, 0.15) is 11.7 Å². The minimum atomic E-state index is -3.98. The molecule has 0 amide bonds. The number of nitrogens with one attached hydrogen (secondary N) is 4. The van der Waals surface area contributed by atoms with Gasteiger partial charge in [-0.2, -0.15) is 0 Å². The lowest BCUT2D eigenvalue weighted by Gasteiger charge is -2.13. The molecular formula is C28H28Cl2N6O4S2. The number of nitrogens with zero attached hydrogens (tertiary/aromatic N) is 2. The Morgan fingerprint density at radius 1 is 0.619 bits per heavy atom. The summed E-state index contributed by atoms with van der Waals surface area (Å²) in [6.07, 6.45) is 0. The Morgan fingerprint density at radius 3 is 1.71 bits per heavy atom. The topological polar surface area (TPSA) is 141 Å². The fraction of sp³-hybridized carbons (Fsp3) is 0.143. The summed E-state index contributed by atoms with van der Waals surface area (Å²) in [6.45, 7) is 2.84. The zero-order chi connectivity index (χ0) is 27.7. The third-order valence-corrected chi connectivity index (χ3v) is 9.35. The molecule has 2 heterocycles. The SMILES string of the molecule is Cl.Cl.O=S(=O)(Nc1cccc(C2=NCCN2)c1)c1ccc2c(S(=O)(=O)Nc3cccc(C4=NCCN4)c3)cccc2c1. The molecule has 220 valence electrons. The summed E-state index contributed by atoms with van der Waals surface area (Å²) in [5.74, 6) is 1.45. The number of amidine groups is 2. The van der Waals surface area contributed by atoms with Crippen LogP contribution >= 0.6 is 24.8 Å². The van der Waals surface area contributed by atoms with Gasteiger partial charge in [-0.1, -0.05) is 42.5 Å². The molecule has 0 bridgehead atoms. The number of hydrogen-bond acceptors (Lipinski definition) is 8. The molecule has 0 aliphatic carbocycles. The maximum absolute atomic E-state index is 13.4. The van der Waals surface area contributed by atoms with Crippen LogP contribution in [0.4, 0.5) is 11.4 Å². The molecule has 14 heteroatoms. The second kappa shape index (κ2) is 12.6. The van der Waals surface area contributed by atoms with Gasteiger partial charge in [-0.25, -0.2) is 16.8 Å². The molecule has 0 aromatic heterocycles. The van der Waals surface area contributed by atoms with Gasteiger partial charge in [-0.05, 0) is 47.9 Å². The molecule has 0 radical (unpaired) electrons. The first kappa shape index (κ1) is 31.1. The first-order valence-electron chi connectivity index (χ1n) is 12.6. The lowest BCUT2D eigenvalue weighted by Crippen LogP contribution is -2.20. The van der Waals surface area contributed by atoms with Crippen molar-refractivity contribution in [3.8, 4) is 0 Å². The zero-order valence-electron chi connectivity index (χ0n) is 22.1. The number of fused-ring (bicyclic) bond motifs is 1. The molecule has 42 heavy (non-hydrogen) atoms. The number of halogens is 2. The summed E-state index contributed by atoms with van der Waals surface area (Å²) in [5.41, 5.74) is 2.37. The predicted octanol–water partition coefficient (Wildman–Crippen LogP) is 3.98. The van der Waals surface area contributed by atoms with Gasteiger partial charge in [-0.3, -0.25) is 19.4 Å². The van der Waals surface area contributed by atoms with Gasteiger partial charge in [0.25, 0.3) is 20.0 Å². The molecule has 4 N–H and O–H groups in total. The highest BCUT2D eigenvalue weighted by Crippen LogP contribution is 2.28. The second-order valence-corrected chi connectivity index (χ2v) is 12.7. The van der Waals surface area contributed by atoms with Crippen molar-refractivity contribution in [3.05, 3.63) is 96.1 Å². The third-order valence-electron chi connectivity index (χ3n) is 6.54. The van der Waals surface area contributed by atoms with E-state index in [1.54, 1.807) is 48.5 Å². The van der Waals surface area contributed by atoms with Crippen LogP contribution in [0, 0.1) is 0 Å². The van der Waals surface area contributed by atoms with E-state index in [1.807, 2.05) is 12.1 Å². The first-order valence-corrected chi connectivity index (χ1v) is 15.6. The number of rotatable bonds is 8. The lowest BCUT2D eigenvalue weighted by atomic mass is 10.1. The van der Waals surface area contributed by atoms with Gasteiger partial charge in [0.2, 0.25) is 0 Å². The summed E-state index contributed by atoms with van der Waals surface area (Å²) in [4.78, 5) is 8.82. The summed E-state index contributed by atoms with van der Waals surface area (Å²) in [7, 11) is -7.93. The molecule has 0 unspecified atom stereocenters. The number of anilines is 2. The van der Waals surface area contributed by atoms with Gasteiger partial charge < -0.3 is 10.6 Å². The molecule has 0 atom stereocenters. The van der Waals surface area contributed by atoms with Crippen LogP contribution in [0.15, 0.2) is 105 Å². The Kier molecular flexibility index (Phi) is 9.31. The molecule has 0 spiro atoms. The summed E-state index contributed by atoms with van der Waals surface area (Å²) >= 11 is 0. The second-order valence-electron chi connectivity index (χ2n) is 9.33. The van der Waals surface area contributed by atoms with Crippen molar-refractivity contribution in [3.63, 3.8) is 0 Å². The largest absolute Gasteiger partial charge is 0.368 e. The highest BCUT2D eigenvalue weighted by Gasteiger charge is 2.21. The maximum Gasteiger partial charge on any atom is 0.262 e. The normalized spacial score (nSPS) is 14.5. The van der Waals surface area contributed by atoms with Crippen molar-refractivity contribution in [2.45, 2.75) is 9.79 Å². The van der Waals surface area contributed by atoms with Gasteiger partial charge >= 0.3 is 0 Å². The van der Waals surface area contributed by atoms with Crippen molar-refractivity contribution >= 4 is 78.7 Å². The monoisotopic (exact) mass is 646 g/mol. The van der Waals surface area contributed by atoms with Crippen molar-refractivity contribution in [2.75, 3.05) is 35.6 Å². The Labute approximate surface area is 256 Å². The van der Waals surface area contributed by atoms with Crippen molar-refractivity contribution in [1.29, 1.82) is 0 Å². The molecular weight excluding hydrogens is 619 g/mol. The first-order chi connectivity index (χ1) is 19.3. The lowest BCUT2D eigenvalue weighted by molar-refractivity contribution is 0.600. The van der Waals surface area contributed by atoms with Crippen LogP contribution in [0.3, 0.4) is 0 Å². The van der Waals surface area contributed by atoms with Crippen LogP contribution in [-0.2, 0) is 20.0 Å². The Morgan fingerprint density at radius 2 is 1.17 bits per heavy atom. The van der Waals surface area contributed by atoms with E-state index in [0.29, 0.717) is 35.2 Å². The van der Waals surface area contributed by atoms with E-state index in [4.69, 9.17) is 0 Å². The number of aliphatic imine (C=N–C) groups is 2. The molecule has 4 aromatic rings. The number of hydrogen-bond donors (Lipinski definition) is 4. The van der Waals surface area contributed by atoms with E-state index in [-0.39, 0.29) is 34.6 Å². The third kappa shape index (κ3) is 6.46. The average Bonchev–Trinajstić information content (AvgIpc) is 3.68. The summed E-state index contributed by atoms with van der Waals surface area (Å²) < 4.78 is 58.6. The van der Waals surface area contributed by atoms with Crippen molar-refractivity contribution in [2.24, 2.45) is 9.98 Å². The minimum Gasteiger partial charge on any atom is -0.368 e. The molecule has 4 aromatic carbocycles. The minimum absolute atomic E-state index is 0. The maximum atomic E-state index is 13.4.